The largest absolute Gasteiger partial charge is 0.464 e. The number of hydrogen-bond donors (Lipinski definition) is 2. The summed E-state index contributed by atoms with van der Waals surface area (Å²) in [5.41, 5.74) is 9.57. The summed E-state index contributed by atoms with van der Waals surface area (Å²) >= 11 is 1.43. The fraction of sp³-hybridized carbons (Fsp3) is 0.574. The Morgan fingerprint density at radius 1 is 1.13 bits per heavy atom. The first-order valence-corrected chi connectivity index (χ1v) is 23.2. The normalized spacial score (nSPS) is 22.3. The molecule has 1 spiro atoms. The smallest absolute Gasteiger partial charge is 0.324 e. The molecule has 338 valence electrons. The number of fused-ring (bicyclic) bond motifs is 6. The van der Waals surface area contributed by atoms with E-state index in [1.165, 1.54) is 21.2 Å². The van der Waals surface area contributed by atoms with Crippen LogP contribution in [0.15, 0.2) is 41.9 Å². The van der Waals surface area contributed by atoms with E-state index in [1.807, 2.05) is 37.1 Å². The van der Waals surface area contributed by atoms with Gasteiger partial charge in [0, 0.05) is 104 Å². The number of thiazole rings is 1. The summed E-state index contributed by atoms with van der Waals surface area (Å²) in [5.74, 6) is -1.48. The number of rotatable bonds is 8. The van der Waals surface area contributed by atoms with Gasteiger partial charge >= 0.3 is 12.0 Å². The Labute approximate surface area is 374 Å². The van der Waals surface area contributed by atoms with Crippen LogP contribution < -0.4 is 10.7 Å². The topological polar surface area (TPSA) is 154 Å². The fourth-order valence-electron chi connectivity index (χ4n) is 10.3. The third-order valence-electron chi connectivity index (χ3n) is 13.3. The predicted molar refractivity (Wildman–Crippen MR) is 243 cm³/mol. The van der Waals surface area contributed by atoms with Crippen molar-refractivity contribution in [2.75, 3.05) is 60.5 Å². The van der Waals surface area contributed by atoms with E-state index in [2.05, 4.69) is 72.3 Å². The fourth-order valence-corrected chi connectivity index (χ4v) is 11.1. The highest BCUT2D eigenvalue weighted by molar-refractivity contribution is 7.10. The molecule has 15 nitrogen and oxygen atoms in total. The number of hydrazine groups is 1. The van der Waals surface area contributed by atoms with Crippen LogP contribution in [0.1, 0.15) is 76.8 Å². The predicted octanol–water partition coefficient (Wildman–Crippen LogP) is 5.53. The second-order valence-electron chi connectivity index (χ2n) is 19.4. The molecule has 4 aliphatic heterocycles. The zero-order valence-corrected chi connectivity index (χ0v) is 39.0. The van der Waals surface area contributed by atoms with Crippen LogP contribution in [0.4, 0.5) is 4.79 Å². The van der Waals surface area contributed by atoms with Crippen LogP contribution >= 0.6 is 11.3 Å². The molecule has 6 bridgehead atoms. The van der Waals surface area contributed by atoms with Crippen molar-refractivity contribution in [2.24, 2.45) is 16.7 Å². The van der Waals surface area contributed by atoms with Gasteiger partial charge in [-0.15, -0.1) is 11.3 Å². The standard InChI is InChI=1S/C47H63N9O6S/c1-10-55-37-16-15-30-19-32(37)33(41(55)31-13-11-17-48-39(31)29(4)61-9)21-46(5,6)27-62-44(59)34-14-12-18-56(51-34)43(58)35(20-38-49-36(30)22-63-38)50-42(57)40(28(2)3)53(8)45(60)54-25-47(26-54)23-52(7)24-47/h11,13,15-17,19,22,28-29,34-35,40,51H,10,12,14,18,20-21,23-27H2,1-9H3,(H,50,57)/t29-,34-,35-,40?/m0/s1. The molecular weight excluding hydrogens is 819 g/mol. The molecule has 1 aromatic carbocycles. The summed E-state index contributed by atoms with van der Waals surface area (Å²) in [7, 11) is 5.44. The Kier molecular flexibility index (Phi) is 12.5. The van der Waals surface area contributed by atoms with Crippen molar-refractivity contribution in [2.45, 2.75) is 98.0 Å². The Hall–Kier alpha value is -4.90. The van der Waals surface area contributed by atoms with E-state index < -0.39 is 35.4 Å². The van der Waals surface area contributed by atoms with Crippen LogP contribution in [-0.2, 0) is 43.2 Å². The first-order chi connectivity index (χ1) is 30.0. The molecule has 4 amide bonds. The lowest BCUT2D eigenvalue weighted by atomic mass is 9.73. The average Bonchev–Trinajstić information content (AvgIpc) is 3.83. The zero-order chi connectivity index (χ0) is 45.0. The lowest BCUT2D eigenvalue weighted by Crippen LogP contribution is -2.73. The third kappa shape index (κ3) is 8.71. The molecule has 3 saturated heterocycles. The number of aromatic nitrogens is 3. The minimum absolute atomic E-state index is 0.118. The van der Waals surface area contributed by atoms with E-state index in [4.69, 9.17) is 19.4 Å². The van der Waals surface area contributed by atoms with E-state index >= 15 is 0 Å². The van der Waals surface area contributed by atoms with Crippen molar-refractivity contribution in [1.82, 2.24) is 45.0 Å². The van der Waals surface area contributed by atoms with E-state index in [1.54, 1.807) is 20.4 Å². The molecule has 0 saturated carbocycles. The Morgan fingerprint density at radius 3 is 2.59 bits per heavy atom. The monoisotopic (exact) mass is 881 g/mol. The number of benzene rings is 1. The van der Waals surface area contributed by atoms with E-state index in [0.29, 0.717) is 50.4 Å². The number of nitrogens with one attached hydrogen (secondary N) is 2. The van der Waals surface area contributed by atoms with E-state index in [-0.39, 0.29) is 42.4 Å². The zero-order valence-electron chi connectivity index (χ0n) is 38.2. The number of methoxy groups -OCH3 is 1. The summed E-state index contributed by atoms with van der Waals surface area (Å²) in [4.78, 5) is 72.1. The van der Waals surface area contributed by atoms with Gasteiger partial charge in [0.15, 0.2) is 0 Å². The number of carbonyl (C=O) groups is 4. The van der Waals surface area contributed by atoms with E-state index in [0.717, 1.165) is 57.8 Å². The first-order valence-electron chi connectivity index (χ1n) is 22.3. The summed E-state index contributed by atoms with van der Waals surface area (Å²) in [6.45, 7) is 16.6. The van der Waals surface area contributed by atoms with Crippen molar-refractivity contribution in [3.63, 3.8) is 0 Å². The molecule has 3 fully saturated rings. The van der Waals surface area contributed by atoms with Gasteiger partial charge in [0.05, 0.1) is 34.8 Å². The molecule has 8 rings (SSSR count). The maximum absolute atomic E-state index is 14.6. The number of pyridine rings is 1. The Morgan fingerprint density at radius 2 is 1.89 bits per heavy atom. The number of esters is 1. The van der Waals surface area contributed by atoms with Crippen LogP contribution in [0.5, 0.6) is 0 Å². The lowest BCUT2D eigenvalue weighted by molar-refractivity contribution is -0.155. The third-order valence-corrected chi connectivity index (χ3v) is 14.2. The Balaban J connectivity index is 1.16. The van der Waals surface area contributed by atoms with Crippen molar-refractivity contribution in [1.29, 1.82) is 0 Å². The molecule has 0 radical (unpaired) electrons. The van der Waals surface area contributed by atoms with Crippen LogP contribution in [0, 0.1) is 16.7 Å². The number of likely N-dealkylation sites (N-methyl/N-ethyl adjacent to an activating group) is 1. The second-order valence-corrected chi connectivity index (χ2v) is 20.3. The first kappa shape index (κ1) is 44.7. The van der Waals surface area contributed by atoms with E-state index in [9.17, 15) is 19.2 Å². The minimum Gasteiger partial charge on any atom is -0.464 e. The SMILES string of the molecule is CCn1c(-c2cccnc2[C@H](C)OC)c2c3cc(ccc31)-c1csc(n1)C[C@H](NC(=O)C(C(C)C)N(C)C(=O)N1CC3(CN(C)C3)C1)C(=O)N1CCC[C@H](N1)C(=O)OCC(C)(C)C2. The maximum Gasteiger partial charge on any atom is 0.324 e. The molecule has 4 aliphatic rings. The van der Waals surface area contributed by atoms with Crippen LogP contribution in [-0.4, -0.2) is 137 Å². The van der Waals surface area contributed by atoms with Crippen molar-refractivity contribution < 1.29 is 28.7 Å². The second kappa shape index (κ2) is 17.6. The maximum atomic E-state index is 14.6. The summed E-state index contributed by atoms with van der Waals surface area (Å²) in [6.07, 6.45) is 3.32. The summed E-state index contributed by atoms with van der Waals surface area (Å²) in [6, 6.07) is 7.67. The molecular formula is C47H63N9O6S. The van der Waals surface area contributed by atoms with Gasteiger partial charge in [-0.05, 0) is 75.9 Å². The number of likely N-dealkylation sites (tertiary alicyclic amines) is 2. The van der Waals surface area contributed by atoms with Gasteiger partial charge in [0.2, 0.25) is 5.91 Å². The molecule has 63 heavy (non-hydrogen) atoms. The summed E-state index contributed by atoms with van der Waals surface area (Å²) < 4.78 is 14.3. The number of aryl methyl sites for hydroxylation is 1. The van der Waals surface area contributed by atoms with Gasteiger partial charge in [-0.25, -0.2) is 15.2 Å². The molecule has 4 aromatic rings. The molecule has 0 aliphatic carbocycles. The van der Waals surface area contributed by atoms with Gasteiger partial charge in [-0.2, -0.15) is 0 Å². The number of ether oxygens (including phenoxy) is 2. The molecule has 7 heterocycles. The number of urea groups is 1. The molecule has 3 aromatic heterocycles. The van der Waals surface area contributed by atoms with Crippen molar-refractivity contribution in [3.8, 4) is 22.5 Å². The molecule has 2 N–H and O–H groups in total. The summed E-state index contributed by atoms with van der Waals surface area (Å²) in [5, 5.41) is 8.24. The van der Waals surface area contributed by atoms with Crippen LogP contribution in [0.25, 0.3) is 33.4 Å². The van der Waals surface area contributed by atoms with Crippen molar-refractivity contribution >= 4 is 46.1 Å². The number of nitrogens with zero attached hydrogens (tertiary/aromatic N) is 7. The highest BCUT2D eigenvalue weighted by atomic mass is 32.1. The highest BCUT2D eigenvalue weighted by Gasteiger charge is 2.53. The number of carbonyl (C=O) groups excluding carboxylic acids is 4. The van der Waals surface area contributed by atoms with Crippen LogP contribution in [0.3, 0.4) is 0 Å². The van der Waals surface area contributed by atoms with Crippen LogP contribution in [0.2, 0.25) is 0 Å². The molecule has 4 atom stereocenters. The highest BCUT2D eigenvalue weighted by Crippen LogP contribution is 2.42. The van der Waals surface area contributed by atoms with Gasteiger partial charge in [-0.3, -0.25) is 24.4 Å². The number of cyclic esters (lactones) is 1. The average molecular weight is 882 g/mol. The number of amides is 4. The van der Waals surface area contributed by atoms with Gasteiger partial charge in [0.1, 0.15) is 18.1 Å². The Bertz CT molecular complexity index is 2380. The van der Waals surface area contributed by atoms with Gasteiger partial charge in [-0.1, -0.05) is 33.8 Å². The molecule has 1 unspecified atom stereocenters. The van der Waals surface area contributed by atoms with Gasteiger partial charge < -0.3 is 34.1 Å². The van der Waals surface area contributed by atoms with Gasteiger partial charge in [0.25, 0.3) is 5.91 Å². The quantitative estimate of drug-likeness (QED) is 0.216. The minimum atomic E-state index is -1.03. The lowest BCUT2D eigenvalue weighted by Gasteiger charge is -2.60. The molecule has 16 heteroatoms. The number of hydrogen-bond acceptors (Lipinski definition) is 11. The van der Waals surface area contributed by atoms with Crippen molar-refractivity contribution in [3.05, 3.63) is 58.2 Å².